The number of nitrogens with one attached hydrogen (secondary N) is 1. The number of halogens is 1. The quantitative estimate of drug-likeness (QED) is 0.368. The minimum atomic E-state index is -1.36. The monoisotopic (exact) mass is 564 g/mol. The number of carbonyl (C=O) groups is 2. The highest BCUT2D eigenvalue weighted by Gasteiger charge is 2.54. The number of quaternary nitrogens is 1. The second-order valence-corrected chi connectivity index (χ2v) is 11.5. The van der Waals surface area contributed by atoms with Gasteiger partial charge in [-0.15, -0.1) is 0 Å². The highest BCUT2D eigenvalue weighted by Crippen LogP contribution is 2.45. The molecule has 2 N–H and O–H groups in total. The van der Waals surface area contributed by atoms with E-state index in [1.807, 2.05) is 0 Å². The van der Waals surface area contributed by atoms with Crippen molar-refractivity contribution in [2.24, 2.45) is 17.8 Å². The summed E-state index contributed by atoms with van der Waals surface area (Å²) in [7, 11) is 0. The fourth-order valence-corrected chi connectivity index (χ4v) is 7.41. The van der Waals surface area contributed by atoms with E-state index in [2.05, 4.69) is 15.3 Å². The van der Waals surface area contributed by atoms with Crippen LogP contribution in [0.3, 0.4) is 0 Å². The maximum atomic E-state index is 13.8. The molecule has 3 saturated heterocycles. The lowest BCUT2D eigenvalue weighted by Gasteiger charge is -2.52. The molecule has 1 atom stereocenters. The average molecular weight is 566 g/mol. The molecule has 200 valence electrons. The zero-order valence-corrected chi connectivity index (χ0v) is 22.8. The Morgan fingerprint density at radius 1 is 1.00 bits per heavy atom. The molecule has 2 saturated carbocycles. The van der Waals surface area contributed by atoms with E-state index in [9.17, 15) is 14.7 Å². The lowest BCUT2D eigenvalue weighted by Crippen LogP contribution is -3.00. The summed E-state index contributed by atoms with van der Waals surface area (Å²) in [4.78, 5) is 34.6. The number of ether oxygens (including phenoxy) is 1. The number of anilines is 1. The summed E-state index contributed by atoms with van der Waals surface area (Å²) in [5.74, 6) is 0.395. The Kier molecular flexibility index (Phi) is 9.05. The van der Waals surface area contributed by atoms with Gasteiger partial charge in [0.05, 0.1) is 13.1 Å². The Balaban J connectivity index is 0.00000304. The van der Waals surface area contributed by atoms with Crippen molar-refractivity contribution in [1.29, 1.82) is 0 Å². The van der Waals surface area contributed by atoms with Gasteiger partial charge < -0.3 is 36.6 Å². The van der Waals surface area contributed by atoms with Gasteiger partial charge in [0.15, 0.2) is 18.2 Å². The fourth-order valence-electron chi connectivity index (χ4n) is 7.41. The molecule has 5 aliphatic rings. The van der Waals surface area contributed by atoms with Crippen molar-refractivity contribution in [3.05, 3.63) is 18.6 Å². The van der Waals surface area contributed by atoms with Gasteiger partial charge in [-0.3, -0.25) is 4.79 Å². The Labute approximate surface area is 225 Å². The number of nitrogens with zero attached hydrogens (tertiary/aromatic N) is 3. The van der Waals surface area contributed by atoms with Crippen LogP contribution in [0.4, 0.5) is 5.82 Å². The fraction of sp³-hybridized carbons (Fsp3) is 0.778. The van der Waals surface area contributed by atoms with Crippen LogP contribution in [0.2, 0.25) is 0 Å². The third-order valence-electron chi connectivity index (χ3n) is 9.41. The first-order valence-electron chi connectivity index (χ1n) is 13.8. The van der Waals surface area contributed by atoms with Crippen LogP contribution >= 0.6 is 0 Å². The number of aliphatic hydroxyl groups is 1. The number of hydrogen-bond donors (Lipinski definition) is 2. The Morgan fingerprint density at radius 2 is 1.61 bits per heavy atom. The second-order valence-electron chi connectivity index (χ2n) is 11.5. The molecule has 0 unspecified atom stereocenters. The van der Waals surface area contributed by atoms with Crippen LogP contribution in [-0.2, 0) is 14.3 Å². The normalized spacial score (nSPS) is 29.2. The first kappa shape index (κ1) is 27.5. The maximum Gasteiger partial charge on any atom is 0.339 e. The molecule has 6 rings (SSSR count). The van der Waals surface area contributed by atoms with E-state index in [4.69, 9.17) is 4.74 Å². The summed E-state index contributed by atoms with van der Waals surface area (Å²) in [6.07, 6.45) is 15.1. The van der Waals surface area contributed by atoms with E-state index < -0.39 is 5.60 Å². The SMILES string of the molecule is O=C(C[N+]12CCC(CC1)[C@@H](OC(=O)C(O)(C1CCCCC1)C1CCCCC1)C2)Nc1ccncn1.[Br-]. The molecule has 2 bridgehead atoms. The first-order valence-corrected chi connectivity index (χ1v) is 13.8. The Hall–Kier alpha value is -1.58. The van der Waals surface area contributed by atoms with Crippen molar-refractivity contribution in [3.63, 3.8) is 0 Å². The third kappa shape index (κ3) is 5.78. The molecule has 5 fully saturated rings. The second kappa shape index (κ2) is 11.9. The summed E-state index contributed by atoms with van der Waals surface area (Å²) >= 11 is 0. The predicted molar refractivity (Wildman–Crippen MR) is 131 cm³/mol. The average Bonchev–Trinajstić information content (AvgIpc) is 2.90. The standard InChI is InChI=1S/C27H40N4O4.BrH/c32-25(30-24-11-14-28-19-29-24)18-31-15-12-20(13-16-31)23(17-31)35-26(33)27(34,21-7-3-1-4-8-21)22-9-5-2-6-10-22;/h11,14,19-23,34H,1-10,12-13,15-18H2;1H/t20?,23-,31?;/m0./s1. The molecular weight excluding hydrogens is 524 g/mol. The minimum absolute atomic E-state index is 0. The molecule has 36 heavy (non-hydrogen) atoms. The molecule has 3 aliphatic heterocycles. The molecular formula is C27H41BrN4O4. The van der Waals surface area contributed by atoms with Crippen molar-refractivity contribution < 1.29 is 40.9 Å². The molecule has 9 heteroatoms. The molecule has 8 nitrogen and oxygen atoms in total. The highest BCUT2D eigenvalue weighted by molar-refractivity contribution is 5.90. The van der Waals surface area contributed by atoms with Gasteiger partial charge in [0.2, 0.25) is 0 Å². The van der Waals surface area contributed by atoms with E-state index in [1.54, 1.807) is 12.3 Å². The van der Waals surface area contributed by atoms with E-state index >= 15 is 0 Å². The molecule has 0 aromatic carbocycles. The molecule has 1 amide bonds. The van der Waals surface area contributed by atoms with E-state index in [0.717, 1.165) is 77.3 Å². The van der Waals surface area contributed by atoms with Crippen molar-refractivity contribution in [1.82, 2.24) is 9.97 Å². The lowest BCUT2D eigenvalue weighted by molar-refractivity contribution is -0.939. The predicted octanol–water partition coefficient (Wildman–Crippen LogP) is 0.463. The summed E-state index contributed by atoms with van der Waals surface area (Å²) in [6, 6.07) is 1.68. The molecule has 1 aromatic rings. The maximum absolute atomic E-state index is 13.8. The van der Waals surface area contributed by atoms with Crippen LogP contribution in [0.5, 0.6) is 0 Å². The van der Waals surface area contributed by atoms with E-state index in [1.165, 1.54) is 19.2 Å². The summed E-state index contributed by atoms with van der Waals surface area (Å²) < 4.78 is 6.90. The van der Waals surface area contributed by atoms with Gasteiger partial charge in [0.1, 0.15) is 18.7 Å². The van der Waals surface area contributed by atoms with Crippen molar-refractivity contribution in [2.75, 3.05) is 31.5 Å². The zero-order valence-electron chi connectivity index (χ0n) is 21.2. The number of carbonyl (C=O) groups excluding carboxylic acids is 2. The van der Waals surface area contributed by atoms with Crippen molar-refractivity contribution >= 4 is 17.7 Å². The smallest absolute Gasteiger partial charge is 0.339 e. The van der Waals surface area contributed by atoms with Crippen molar-refractivity contribution in [3.8, 4) is 0 Å². The summed E-state index contributed by atoms with van der Waals surface area (Å²) in [5, 5.41) is 14.9. The van der Waals surface area contributed by atoms with Crippen LogP contribution in [0.25, 0.3) is 0 Å². The number of rotatable bonds is 7. The summed E-state index contributed by atoms with van der Waals surface area (Å²) in [5.41, 5.74) is -1.36. The number of aromatic nitrogens is 2. The number of piperidine rings is 3. The number of hydrogen-bond acceptors (Lipinski definition) is 6. The van der Waals surface area contributed by atoms with Gasteiger partial charge in [-0.2, -0.15) is 0 Å². The zero-order chi connectivity index (χ0) is 24.3. The molecule has 0 spiro atoms. The van der Waals surface area contributed by atoms with Gasteiger partial charge in [0, 0.05) is 25.0 Å². The van der Waals surface area contributed by atoms with Gasteiger partial charge in [-0.05, 0) is 43.6 Å². The number of esters is 1. The largest absolute Gasteiger partial charge is 1.00 e. The molecule has 2 aliphatic carbocycles. The molecule has 1 aromatic heterocycles. The van der Waals surface area contributed by atoms with Crippen LogP contribution < -0.4 is 22.3 Å². The number of fused-ring (bicyclic) bond motifs is 3. The van der Waals surface area contributed by atoms with E-state index in [0.29, 0.717) is 29.3 Å². The molecule has 0 radical (unpaired) electrons. The highest BCUT2D eigenvalue weighted by atomic mass is 79.9. The third-order valence-corrected chi connectivity index (χ3v) is 9.41. The Morgan fingerprint density at radius 3 is 2.17 bits per heavy atom. The number of amides is 1. The van der Waals surface area contributed by atoms with Crippen LogP contribution in [0, 0.1) is 17.8 Å². The van der Waals surface area contributed by atoms with Gasteiger partial charge >= 0.3 is 5.97 Å². The van der Waals surface area contributed by atoms with E-state index in [-0.39, 0.29) is 46.8 Å². The molecule has 4 heterocycles. The van der Waals surface area contributed by atoms with Crippen molar-refractivity contribution in [2.45, 2.75) is 88.8 Å². The van der Waals surface area contributed by atoms with Gasteiger partial charge in [0.25, 0.3) is 5.91 Å². The topological polar surface area (TPSA) is 101 Å². The Bertz CT molecular complexity index is 863. The lowest BCUT2D eigenvalue weighted by atomic mass is 9.66. The summed E-state index contributed by atoms with van der Waals surface area (Å²) in [6.45, 7) is 2.84. The van der Waals surface area contributed by atoms with Gasteiger partial charge in [-0.25, -0.2) is 14.8 Å². The van der Waals surface area contributed by atoms with Crippen LogP contribution in [-0.4, -0.2) is 69.3 Å². The van der Waals surface area contributed by atoms with Crippen LogP contribution in [0.15, 0.2) is 18.6 Å². The minimum Gasteiger partial charge on any atom is -1.00 e. The first-order chi connectivity index (χ1) is 17.0. The van der Waals surface area contributed by atoms with Gasteiger partial charge in [-0.1, -0.05) is 38.5 Å². The van der Waals surface area contributed by atoms with Crippen LogP contribution in [0.1, 0.15) is 77.0 Å².